The number of piperidine rings is 1. The van der Waals surface area contributed by atoms with E-state index in [1.165, 1.54) is 16.4 Å². The van der Waals surface area contributed by atoms with Crippen LogP contribution >= 0.6 is 11.6 Å². The number of benzene rings is 2. The first-order chi connectivity index (χ1) is 12.9. The molecule has 1 N–H and O–H groups in total. The average molecular weight is 407 g/mol. The van der Waals surface area contributed by atoms with Gasteiger partial charge < -0.3 is 5.32 Å². The van der Waals surface area contributed by atoms with Crippen molar-refractivity contribution in [2.75, 3.05) is 6.54 Å². The van der Waals surface area contributed by atoms with Gasteiger partial charge in [-0.1, -0.05) is 47.9 Å². The van der Waals surface area contributed by atoms with Gasteiger partial charge >= 0.3 is 0 Å². The maximum Gasteiger partial charge on any atom is 0.243 e. The summed E-state index contributed by atoms with van der Waals surface area (Å²) in [6, 6.07) is 13.2. The van der Waals surface area contributed by atoms with Gasteiger partial charge in [-0.05, 0) is 49.6 Å². The van der Waals surface area contributed by atoms with E-state index in [9.17, 15) is 13.2 Å². The molecule has 27 heavy (non-hydrogen) atoms. The number of aryl methyl sites for hydroxylation is 1. The fraction of sp³-hybridized carbons (Fsp3) is 0.350. The maximum atomic E-state index is 13.0. The molecule has 2 aromatic rings. The van der Waals surface area contributed by atoms with Crippen LogP contribution in [0, 0.1) is 6.92 Å². The van der Waals surface area contributed by atoms with Crippen LogP contribution in [0.25, 0.3) is 0 Å². The Kier molecular flexibility index (Phi) is 6.19. The van der Waals surface area contributed by atoms with Crippen molar-refractivity contribution in [2.24, 2.45) is 0 Å². The van der Waals surface area contributed by atoms with Crippen LogP contribution in [0.1, 0.15) is 30.4 Å². The predicted octanol–water partition coefficient (Wildman–Crippen LogP) is 3.51. The number of hydrogen-bond acceptors (Lipinski definition) is 3. The van der Waals surface area contributed by atoms with E-state index in [0.29, 0.717) is 24.5 Å². The first-order valence-corrected chi connectivity index (χ1v) is 10.8. The van der Waals surface area contributed by atoms with Crippen LogP contribution in [0.15, 0.2) is 53.4 Å². The summed E-state index contributed by atoms with van der Waals surface area (Å²) >= 11 is 5.86. The number of amides is 1. The Hall–Kier alpha value is -1.89. The minimum atomic E-state index is -3.75. The van der Waals surface area contributed by atoms with Crippen molar-refractivity contribution >= 4 is 27.5 Å². The third-order valence-electron chi connectivity index (χ3n) is 4.73. The lowest BCUT2D eigenvalue weighted by atomic mass is 10.0. The first kappa shape index (κ1) is 19.9. The van der Waals surface area contributed by atoms with Crippen molar-refractivity contribution in [3.05, 3.63) is 64.7 Å². The smallest absolute Gasteiger partial charge is 0.243 e. The lowest BCUT2D eigenvalue weighted by Crippen LogP contribution is -2.51. The van der Waals surface area contributed by atoms with Gasteiger partial charge in [-0.25, -0.2) is 8.42 Å². The van der Waals surface area contributed by atoms with Gasteiger partial charge in [0.15, 0.2) is 0 Å². The standard InChI is InChI=1S/C20H23ClN2O3S/c1-15-5-4-6-16(13-15)14-22-20(24)19-7-2-3-12-23(19)27(25,26)18-10-8-17(21)9-11-18/h4-6,8-11,13,19H,2-3,7,12,14H2,1H3,(H,22,24). The summed E-state index contributed by atoms with van der Waals surface area (Å²) in [5, 5.41) is 3.36. The van der Waals surface area contributed by atoms with Crippen molar-refractivity contribution in [1.29, 1.82) is 0 Å². The Morgan fingerprint density at radius 3 is 2.63 bits per heavy atom. The molecular formula is C20H23ClN2O3S. The molecular weight excluding hydrogens is 384 g/mol. The summed E-state index contributed by atoms with van der Waals surface area (Å²) in [7, 11) is -3.75. The Labute approximate surface area is 165 Å². The molecule has 5 nitrogen and oxygen atoms in total. The molecule has 1 heterocycles. The summed E-state index contributed by atoms with van der Waals surface area (Å²) in [4.78, 5) is 12.9. The van der Waals surface area contributed by atoms with Crippen molar-refractivity contribution < 1.29 is 13.2 Å². The molecule has 1 amide bonds. The van der Waals surface area contributed by atoms with Gasteiger partial charge in [0.05, 0.1) is 4.90 Å². The van der Waals surface area contributed by atoms with Gasteiger partial charge in [-0.2, -0.15) is 4.31 Å². The van der Waals surface area contributed by atoms with E-state index in [4.69, 9.17) is 11.6 Å². The number of nitrogens with zero attached hydrogens (tertiary/aromatic N) is 1. The van der Waals surface area contributed by atoms with E-state index in [-0.39, 0.29) is 10.8 Å². The molecule has 0 aromatic heterocycles. The topological polar surface area (TPSA) is 66.5 Å². The summed E-state index contributed by atoms with van der Waals surface area (Å²) in [5.41, 5.74) is 2.11. The highest BCUT2D eigenvalue weighted by Gasteiger charge is 2.37. The summed E-state index contributed by atoms with van der Waals surface area (Å²) in [6.45, 7) is 2.71. The van der Waals surface area contributed by atoms with E-state index in [1.54, 1.807) is 12.1 Å². The number of sulfonamides is 1. The molecule has 1 atom stereocenters. The van der Waals surface area contributed by atoms with E-state index < -0.39 is 16.1 Å². The molecule has 1 unspecified atom stereocenters. The number of halogens is 1. The largest absolute Gasteiger partial charge is 0.351 e. The molecule has 0 aliphatic carbocycles. The van der Waals surface area contributed by atoms with E-state index in [0.717, 1.165) is 24.0 Å². The van der Waals surface area contributed by atoms with Crippen molar-refractivity contribution in [3.8, 4) is 0 Å². The second-order valence-corrected chi connectivity index (χ2v) is 9.12. The molecule has 1 fully saturated rings. The number of carbonyl (C=O) groups excluding carboxylic acids is 1. The van der Waals surface area contributed by atoms with Crippen LogP contribution in [0.4, 0.5) is 0 Å². The highest BCUT2D eigenvalue weighted by molar-refractivity contribution is 7.89. The summed E-state index contributed by atoms with van der Waals surface area (Å²) in [6.07, 6.45) is 2.09. The zero-order chi connectivity index (χ0) is 19.4. The van der Waals surface area contributed by atoms with Crippen LogP contribution in [0.3, 0.4) is 0 Å². The molecule has 2 aromatic carbocycles. The molecule has 1 aliphatic heterocycles. The lowest BCUT2D eigenvalue weighted by molar-refractivity contribution is -0.125. The van der Waals surface area contributed by atoms with Gasteiger partial charge in [-0.15, -0.1) is 0 Å². The van der Waals surface area contributed by atoms with Crippen LogP contribution < -0.4 is 5.32 Å². The minimum absolute atomic E-state index is 0.158. The first-order valence-electron chi connectivity index (χ1n) is 8.98. The Balaban J connectivity index is 1.76. The van der Waals surface area contributed by atoms with Crippen LogP contribution in [-0.2, 0) is 21.4 Å². The van der Waals surface area contributed by atoms with Crippen LogP contribution in [0.5, 0.6) is 0 Å². The highest BCUT2D eigenvalue weighted by atomic mass is 35.5. The molecule has 0 saturated carbocycles. The Morgan fingerprint density at radius 1 is 1.19 bits per heavy atom. The third kappa shape index (κ3) is 4.69. The lowest BCUT2D eigenvalue weighted by Gasteiger charge is -2.33. The van der Waals surface area contributed by atoms with Crippen molar-refractivity contribution in [1.82, 2.24) is 9.62 Å². The predicted molar refractivity (Wildman–Crippen MR) is 106 cm³/mol. The van der Waals surface area contributed by atoms with E-state index >= 15 is 0 Å². The average Bonchev–Trinajstić information content (AvgIpc) is 2.66. The van der Waals surface area contributed by atoms with Gasteiger partial charge in [0.1, 0.15) is 6.04 Å². The molecule has 1 aliphatic rings. The SMILES string of the molecule is Cc1cccc(CNC(=O)C2CCCCN2S(=O)(=O)c2ccc(Cl)cc2)c1. The Morgan fingerprint density at radius 2 is 1.93 bits per heavy atom. The van der Waals surface area contributed by atoms with E-state index in [1.807, 2.05) is 31.2 Å². The zero-order valence-corrected chi connectivity index (χ0v) is 16.8. The molecule has 1 saturated heterocycles. The minimum Gasteiger partial charge on any atom is -0.351 e. The Bertz CT molecular complexity index is 913. The molecule has 7 heteroatoms. The van der Waals surface area contributed by atoms with Crippen molar-refractivity contribution in [3.63, 3.8) is 0 Å². The van der Waals surface area contributed by atoms with Gasteiger partial charge in [0, 0.05) is 18.1 Å². The highest BCUT2D eigenvalue weighted by Crippen LogP contribution is 2.26. The number of carbonyl (C=O) groups is 1. The number of rotatable bonds is 5. The molecule has 0 bridgehead atoms. The van der Waals surface area contributed by atoms with Gasteiger partial charge in [-0.3, -0.25) is 4.79 Å². The third-order valence-corrected chi connectivity index (χ3v) is 6.90. The van der Waals surface area contributed by atoms with Crippen LogP contribution in [-0.4, -0.2) is 31.2 Å². The van der Waals surface area contributed by atoms with Gasteiger partial charge in [0.2, 0.25) is 15.9 Å². The van der Waals surface area contributed by atoms with Gasteiger partial charge in [0.25, 0.3) is 0 Å². The molecule has 0 radical (unpaired) electrons. The maximum absolute atomic E-state index is 13.0. The number of nitrogens with one attached hydrogen (secondary N) is 1. The second-order valence-electron chi connectivity index (χ2n) is 6.79. The molecule has 3 rings (SSSR count). The number of hydrogen-bond donors (Lipinski definition) is 1. The fourth-order valence-corrected chi connectivity index (χ4v) is 5.11. The van der Waals surface area contributed by atoms with Crippen LogP contribution in [0.2, 0.25) is 5.02 Å². The quantitative estimate of drug-likeness (QED) is 0.826. The molecule has 0 spiro atoms. The summed E-state index contributed by atoms with van der Waals surface area (Å²) < 4.78 is 27.4. The normalized spacial score (nSPS) is 18.2. The fourth-order valence-electron chi connectivity index (χ4n) is 3.33. The monoisotopic (exact) mass is 406 g/mol. The van der Waals surface area contributed by atoms with E-state index in [2.05, 4.69) is 5.32 Å². The summed E-state index contributed by atoms with van der Waals surface area (Å²) in [5.74, 6) is -0.256. The second kappa shape index (κ2) is 8.42. The van der Waals surface area contributed by atoms with Crippen molar-refractivity contribution in [2.45, 2.75) is 43.7 Å². The molecule has 144 valence electrons. The zero-order valence-electron chi connectivity index (χ0n) is 15.2.